The number of methoxy groups -OCH3 is 1. The van der Waals surface area contributed by atoms with Crippen molar-refractivity contribution in [3.05, 3.63) is 16.3 Å². The summed E-state index contributed by atoms with van der Waals surface area (Å²) in [6.07, 6.45) is 1.54. The molecule has 1 rings (SSSR count). The fraction of sp³-hybridized carbons (Fsp3) is 0.667. The quantitative estimate of drug-likeness (QED) is 0.591. The number of unbranched alkanes of at least 4 members (excludes halogenated alkanes) is 1. The predicted octanol–water partition coefficient (Wildman–Crippen LogP) is 0.928. The number of hydrogen-bond acceptors (Lipinski definition) is 6. The molecule has 0 fully saturated rings. The Bertz CT molecular complexity index is 474. The normalized spacial score (nSPS) is 11.9. The second kappa shape index (κ2) is 9.43. The maximum absolute atomic E-state index is 12.0. The zero-order valence-corrected chi connectivity index (χ0v) is 13.3. The number of ether oxygens (including phenoxy) is 2. The number of sulfonamides is 1. The number of hydrogen-bond donors (Lipinski definition) is 2. The van der Waals surface area contributed by atoms with Crippen LogP contribution in [0.15, 0.2) is 16.3 Å². The zero-order valence-electron chi connectivity index (χ0n) is 11.6. The van der Waals surface area contributed by atoms with Crippen molar-refractivity contribution in [2.24, 2.45) is 5.73 Å². The van der Waals surface area contributed by atoms with Crippen LogP contribution in [0.1, 0.15) is 17.7 Å². The lowest BCUT2D eigenvalue weighted by molar-refractivity contribution is 0.0689. The molecule has 1 aromatic rings. The van der Waals surface area contributed by atoms with Crippen LogP contribution in [0.3, 0.4) is 0 Å². The SMILES string of the molecule is COCCOCCCCNS(=O)(=O)c1ccsc1CN. The van der Waals surface area contributed by atoms with Crippen molar-refractivity contribution in [2.75, 3.05) is 33.5 Å². The van der Waals surface area contributed by atoms with E-state index in [1.54, 1.807) is 18.6 Å². The minimum Gasteiger partial charge on any atom is -0.382 e. The van der Waals surface area contributed by atoms with Crippen LogP contribution in [0, 0.1) is 0 Å². The van der Waals surface area contributed by atoms with Crippen LogP contribution in [0.2, 0.25) is 0 Å². The molecule has 0 aliphatic carbocycles. The molecule has 0 saturated heterocycles. The first-order chi connectivity index (χ1) is 9.61. The number of nitrogens with one attached hydrogen (secondary N) is 1. The van der Waals surface area contributed by atoms with E-state index in [0.717, 1.165) is 12.8 Å². The number of thiophene rings is 1. The molecule has 0 aliphatic heterocycles. The van der Waals surface area contributed by atoms with Crippen molar-refractivity contribution in [3.8, 4) is 0 Å². The van der Waals surface area contributed by atoms with E-state index in [-0.39, 0.29) is 6.54 Å². The van der Waals surface area contributed by atoms with Gasteiger partial charge in [-0.25, -0.2) is 13.1 Å². The highest BCUT2D eigenvalue weighted by atomic mass is 32.2. The average Bonchev–Trinajstić information content (AvgIpc) is 2.91. The summed E-state index contributed by atoms with van der Waals surface area (Å²) >= 11 is 1.36. The molecule has 3 N–H and O–H groups in total. The second-order valence-corrected chi connectivity index (χ2v) is 6.86. The summed E-state index contributed by atoms with van der Waals surface area (Å²) in [5.41, 5.74) is 5.52. The highest BCUT2D eigenvalue weighted by molar-refractivity contribution is 7.89. The highest BCUT2D eigenvalue weighted by Crippen LogP contribution is 2.20. The fourth-order valence-corrected chi connectivity index (χ4v) is 3.98. The highest BCUT2D eigenvalue weighted by Gasteiger charge is 2.18. The molecule has 0 aliphatic rings. The molecule has 8 heteroatoms. The molecular formula is C12H22N2O4S2. The van der Waals surface area contributed by atoms with Crippen LogP contribution in [0.4, 0.5) is 0 Å². The average molecular weight is 322 g/mol. The molecule has 6 nitrogen and oxygen atoms in total. The third-order valence-electron chi connectivity index (χ3n) is 2.62. The van der Waals surface area contributed by atoms with Gasteiger partial charge >= 0.3 is 0 Å². The topological polar surface area (TPSA) is 90.6 Å². The minimum atomic E-state index is -3.44. The lowest BCUT2D eigenvalue weighted by atomic mass is 10.3. The molecular weight excluding hydrogens is 300 g/mol. The summed E-state index contributed by atoms with van der Waals surface area (Å²) in [5, 5.41) is 1.74. The van der Waals surface area contributed by atoms with Gasteiger partial charge in [-0.15, -0.1) is 11.3 Å². The Morgan fingerprint density at radius 2 is 2.10 bits per heavy atom. The Hall–Kier alpha value is -0.510. The van der Waals surface area contributed by atoms with Crippen molar-refractivity contribution in [1.29, 1.82) is 0 Å². The van der Waals surface area contributed by atoms with E-state index in [0.29, 0.717) is 36.1 Å². The Kier molecular flexibility index (Phi) is 8.27. The van der Waals surface area contributed by atoms with E-state index >= 15 is 0 Å². The molecule has 1 aromatic heterocycles. The van der Waals surface area contributed by atoms with Gasteiger partial charge in [-0.3, -0.25) is 0 Å². The smallest absolute Gasteiger partial charge is 0.241 e. The van der Waals surface area contributed by atoms with Gasteiger partial charge in [0.05, 0.1) is 18.1 Å². The molecule has 116 valence electrons. The Morgan fingerprint density at radius 3 is 2.80 bits per heavy atom. The van der Waals surface area contributed by atoms with E-state index < -0.39 is 10.0 Å². The van der Waals surface area contributed by atoms with Gasteiger partial charge in [0.25, 0.3) is 0 Å². The number of rotatable bonds is 11. The first-order valence-electron chi connectivity index (χ1n) is 6.44. The van der Waals surface area contributed by atoms with Crippen molar-refractivity contribution in [1.82, 2.24) is 4.72 Å². The van der Waals surface area contributed by atoms with Crippen LogP contribution in [0.5, 0.6) is 0 Å². The summed E-state index contributed by atoms with van der Waals surface area (Å²) in [4.78, 5) is 0.974. The minimum absolute atomic E-state index is 0.237. The number of nitrogens with two attached hydrogens (primary N) is 1. The van der Waals surface area contributed by atoms with Gasteiger partial charge in [-0.2, -0.15) is 0 Å². The van der Waals surface area contributed by atoms with E-state index in [2.05, 4.69) is 4.72 Å². The molecule has 0 saturated carbocycles. The molecule has 0 amide bonds. The van der Waals surface area contributed by atoms with Crippen LogP contribution in [0.25, 0.3) is 0 Å². The van der Waals surface area contributed by atoms with Gasteiger partial charge in [0, 0.05) is 31.7 Å². The molecule has 0 aromatic carbocycles. The Balaban J connectivity index is 2.24. The first-order valence-corrected chi connectivity index (χ1v) is 8.81. The zero-order chi connectivity index (χ0) is 14.8. The summed E-state index contributed by atoms with van der Waals surface area (Å²) in [5.74, 6) is 0. The molecule has 0 bridgehead atoms. The Morgan fingerprint density at radius 1 is 1.30 bits per heavy atom. The lowest BCUT2D eigenvalue weighted by Crippen LogP contribution is -2.25. The van der Waals surface area contributed by atoms with Crippen LogP contribution >= 0.6 is 11.3 Å². The first kappa shape index (κ1) is 17.5. The van der Waals surface area contributed by atoms with Crippen LogP contribution in [-0.2, 0) is 26.0 Å². The van der Waals surface area contributed by atoms with E-state index in [1.807, 2.05) is 0 Å². The molecule has 20 heavy (non-hydrogen) atoms. The molecule has 0 radical (unpaired) electrons. The van der Waals surface area contributed by atoms with E-state index in [9.17, 15) is 8.42 Å². The Labute approximate surface area is 124 Å². The van der Waals surface area contributed by atoms with Gasteiger partial charge in [0.15, 0.2) is 0 Å². The van der Waals surface area contributed by atoms with Gasteiger partial charge < -0.3 is 15.2 Å². The van der Waals surface area contributed by atoms with Gasteiger partial charge in [-0.05, 0) is 24.3 Å². The molecule has 0 unspecified atom stereocenters. The van der Waals surface area contributed by atoms with E-state index in [4.69, 9.17) is 15.2 Å². The maximum atomic E-state index is 12.0. The van der Waals surface area contributed by atoms with Crippen molar-refractivity contribution in [3.63, 3.8) is 0 Å². The largest absolute Gasteiger partial charge is 0.382 e. The molecule has 0 atom stereocenters. The van der Waals surface area contributed by atoms with Crippen molar-refractivity contribution in [2.45, 2.75) is 24.3 Å². The van der Waals surface area contributed by atoms with Gasteiger partial charge in [0.2, 0.25) is 10.0 Å². The van der Waals surface area contributed by atoms with Crippen molar-refractivity contribution < 1.29 is 17.9 Å². The second-order valence-electron chi connectivity index (χ2n) is 4.12. The molecule has 0 spiro atoms. The summed E-state index contributed by atoms with van der Waals surface area (Å²) < 4.78 is 36.8. The monoisotopic (exact) mass is 322 g/mol. The summed E-state index contributed by atoms with van der Waals surface area (Å²) in [6, 6.07) is 1.59. The third kappa shape index (κ3) is 5.86. The summed E-state index contributed by atoms with van der Waals surface area (Å²) in [6.45, 7) is 2.39. The van der Waals surface area contributed by atoms with E-state index in [1.165, 1.54) is 11.3 Å². The maximum Gasteiger partial charge on any atom is 0.241 e. The molecule has 1 heterocycles. The standard InChI is InChI=1S/C12H22N2O4S2/c1-17-7-8-18-6-3-2-5-14-20(15,16)12-4-9-19-11(12)10-13/h4,9,14H,2-3,5-8,10,13H2,1H3. The van der Waals surface area contributed by atoms with Gasteiger partial charge in [0.1, 0.15) is 0 Å². The fourth-order valence-electron chi connectivity index (χ4n) is 1.57. The van der Waals surface area contributed by atoms with Crippen molar-refractivity contribution >= 4 is 21.4 Å². The van der Waals surface area contributed by atoms with Crippen LogP contribution < -0.4 is 10.5 Å². The predicted molar refractivity (Wildman–Crippen MR) is 79.3 cm³/mol. The lowest BCUT2D eigenvalue weighted by Gasteiger charge is -2.07. The summed E-state index contributed by atoms with van der Waals surface area (Å²) in [7, 11) is -1.82. The van der Waals surface area contributed by atoms with Gasteiger partial charge in [-0.1, -0.05) is 0 Å². The third-order valence-corrected chi connectivity index (χ3v) is 5.24. The van der Waals surface area contributed by atoms with Crippen LogP contribution in [-0.4, -0.2) is 41.9 Å².